The second kappa shape index (κ2) is 10.6. The number of nitrogens with zero attached hydrogens (tertiary/aromatic N) is 4. The van der Waals surface area contributed by atoms with E-state index < -0.39 is 0 Å². The van der Waals surface area contributed by atoms with E-state index in [1.165, 1.54) is 6.42 Å². The van der Waals surface area contributed by atoms with E-state index in [-0.39, 0.29) is 24.0 Å². The van der Waals surface area contributed by atoms with Crippen LogP contribution in [0.25, 0.3) is 0 Å². The van der Waals surface area contributed by atoms with Crippen LogP contribution in [0.5, 0.6) is 0 Å². The molecule has 1 saturated heterocycles. The van der Waals surface area contributed by atoms with E-state index in [2.05, 4.69) is 39.0 Å². The Labute approximate surface area is 156 Å². The normalized spacial score (nSPS) is 18.7. The number of hydrogen-bond donors (Lipinski definition) is 2. The Bertz CT molecular complexity index is 465. The summed E-state index contributed by atoms with van der Waals surface area (Å²) in [5.41, 5.74) is 5.92. The van der Waals surface area contributed by atoms with Gasteiger partial charge in [0.05, 0.1) is 0 Å². The van der Waals surface area contributed by atoms with Crippen molar-refractivity contribution in [1.82, 2.24) is 15.3 Å². The molecular formula is C16H29IN6. The number of rotatable bonds is 6. The molecule has 3 N–H and O–H groups in total. The van der Waals surface area contributed by atoms with Crippen LogP contribution in [-0.4, -0.2) is 42.1 Å². The summed E-state index contributed by atoms with van der Waals surface area (Å²) in [6, 6.07) is 1.85. The van der Waals surface area contributed by atoms with Crippen LogP contribution in [0, 0.1) is 11.8 Å². The van der Waals surface area contributed by atoms with Crippen LogP contribution in [0.2, 0.25) is 0 Å². The quantitative estimate of drug-likeness (QED) is 0.410. The van der Waals surface area contributed by atoms with Crippen molar-refractivity contribution in [3.63, 3.8) is 0 Å². The number of aromatic nitrogens is 2. The van der Waals surface area contributed by atoms with Crippen molar-refractivity contribution in [1.29, 1.82) is 0 Å². The van der Waals surface area contributed by atoms with Crippen molar-refractivity contribution in [2.45, 2.75) is 33.1 Å². The number of guanidine groups is 1. The number of anilines is 1. The number of aliphatic imine (C=N–C) groups is 1. The molecule has 0 aliphatic carbocycles. The van der Waals surface area contributed by atoms with E-state index in [0.717, 1.165) is 45.0 Å². The number of piperidine rings is 1. The Morgan fingerprint density at radius 3 is 2.87 bits per heavy atom. The topological polar surface area (TPSA) is 79.4 Å². The van der Waals surface area contributed by atoms with Crippen LogP contribution < -0.4 is 16.0 Å². The molecule has 1 fully saturated rings. The molecule has 0 amide bonds. The fraction of sp³-hybridized carbons (Fsp3) is 0.688. The molecule has 1 aliphatic rings. The Kier molecular flexibility index (Phi) is 9.20. The van der Waals surface area contributed by atoms with Crippen molar-refractivity contribution in [2.75, 3.05) is 31.1 Å². The molecule has 0 radical (unpaired) electrons. The van der Waals surface area contributed by atoms with Crippen LogP contribution in [0.1, 0.15) is 33.1 Å². The second-order valence-electron chi connectivity index (χ2n) is 6.34. The molecule has 7 heteroatoms. The van der Waals surface area contributed by atoms with Crippen molar-refractivity contribution < 1.29 is 0 Å². The Morgan fingerprint density at radius 1 is 1.43 bits per heavy atom. The highest BCUT2D eigenvalue weighted by atomic mass is 127. The van der Waals surface area contributed by atoms with Crippen LogP contribution in [0.15, 0.2) is 23.5 Å². The van der Waals surface area contributed by atoms with Crippen molar-refractivity contribution in [2.24, 2.45) is 22.6 Å². The zero-order valence-electron chi connectivity index (χ0n) is 14.1. The van der Waals surface area contributed by atoms with Gasteiger partial charge in [0.15, 0.2) is 5.96 Å². The summed E-state index contributed by atoms with van der Waals surface area (Å²) in [5.74, 6) is 2.58. The molecule has 1 aliphatic heterocycles. The van der Waals surface area contributed by atoms with Crippen LogP contribution in [0.4, 0.5) is 5.95 Å². The van der Waals surface area contributed by atoms with E-state index in [4.69, 9.17) is 5.73 Å². The third-order valence-corrected chi connectivity index (χ3v) is 3.90. The maximum absolute atomic E-state index is 5.92. The van der Waals surface area contributed by atoms with E-state index in [1.54, 1.807) is 12.4 Å². The van der Waals surface area contributed by atoms with Gasteiger partial charge in [0.1, 0.15) is 0 Å². The van der Waals surface area contributed by atoms with Gasteiger partial charge in [-0.05, 0) is 37.2 Å². The first-order valence-electron chi connectivity index (χ1n) is 8.21. The second-order valence-corrected chi connectivity index (χ2v) is 6.34. The fourth-order valence-corrected chi connectivity index (χ4v) is 2.62. The van der Waals surface area contributed by atoms with Gasteiger partial charge >= 0.3 is 0 Å². The Balaban J connectivity index is 0.00000264. The van der Waals surface area contributed by atoms with E-state index >= 15 is 0 Å². The SMILES string of the molecule is CC(C)CCNC(N)=NCC1CCCN(c2ncccn2)C1.I. The molecule has 0 aromatic carbocycles. The minimum Gasteiger partial charge on any atom is -0.370 e. The molecule has 2 heterocycles. The maximum Gasteiger partial charge on any atom is 0.225 e. The molecule has 2 rings (SSSR count). The maximum atomic E-state index is 5.92. The highest BCUT2D eigenvalue weighted by molar-refractivity contribution is 14.0. The van der Waals surface area contributed by atoms with Gasteiger partial charge in [0.2, 0.25) is 5.95 Å². The summed E-state index contributed by atoms with van der Waals surface area (Å²) < 4.78 is 0. The average molecular weight is 432 g/mol. The molecule has 130 valence electrons. The lowest BCUT2D eigenvalue weighted by Gasteiger charge is -2.31. The van der Waals surface area contributed by atoms with E-state index in [0.29, 0.717) is 17.8 Å². The minimum absolute atomic E-state index is 0. The molecule has 1 aromatic heterocycles. The molecule has 1 unspecified atom stereocenters. The molecular weight excluding hydrogens is 403 g/mol. The molecule has 6 nitrogen and oxygen atoms in total. The standard InChI is InChI=1S/C16H28N6.HI/c1-13(2)6-9-18-15(17)21-11-14-5-3-10-22(12-14)16-19-7-4-8-20-16;/h4,7-8,13-14H,3,5-6,9-12H2,1-2H3,(H3,17,18,21);1H. The van der Waals surface area contributed by atoms with Gasteiger partial charge in [-0.15, -0.1) is 24.0 Å². The smallest absolute Gasteiger partial charge is 0.225 e. The highest BCUT2D eigenvalue weighted by Gasteiger charge is 2.21. The van der Waals surface area contributed by atoms with Gasteiger partial charge in [-0.2, -0.15) is 0 Å². The fourth-order valence-electron chi connectivity index (χ4n) is 2.62. The van der Waals surface area contributed by atoms with Crippen LogP contribution in [0.3, 0.4) is 0 Å². The molecule has 1 atom stereocenters. The van der Waals surface area contributed by atoms with Crippen LogP contribution in [-0.2, 0) is 0 Å². The summed E-state index contributed by atoms with van der Waals surface area (Å²) >= 11 is 0. The van der Waals surface area contributed by atoms with Crippen molar-refractivity contribution in [3.8, 4) is 0 Å². The highest BCUT2D eigenvalue weighted by Crippen LogP contribution is 2.20. The molecule has 0 spiro atoms. The Morgan fingerprint density at radius 2 is 2.17 bits per heavy atom. The summed E-state index contributed by atoms with van der Waals surface area (Å²) in [5, 5.41) is 3.19. The van der Waals surface area contributed by atoms with Crippen molar-refractivity contribution in [3.05, 3.63) is 18.5 Å². The lowest BCUT2D eigenvalue weighted by Crippen LogP contribution is -2.38. The third-order valence-electron chi connectivity index (χ3n) is 3.90. The molecule has 1 aromatic rings. The largest absolute Gasteiger partial charge is 0.370 e. The lowest BCUT2D eigenvalue weighted by atomic mass is 9.98. The predicted molar refractivity (Wildman–Crippen MR) is 106 cm³/mol. The van der Waals surface area contributed by atoms with E-state index in [9.17, 15) is 0 Å². The first-order valence-corrected chi connectivity index (χ1v) is 8.21. The summed E-state index contributed by atoms with van der Waals surface area (Å²) in [7, 11) is 0. The number of nitrogens with one attached hydrogen (secondary N) is 1. The molecule has 0 saturated carbocycles. The van der Waals surface area contributed by atoms with E-state index in [1.807, 2.05) is 6.07 Å². The monoisotopic (exact) mass is 432 g/mol. The molecule has 0 bridgehead atoms. The Hall–Kier alpha value is -1.12. The van der Waals surface area contributed by atoms with Crippen LogP contribution >= 0.6 is 24.0 Å². The zero-order valence-corrected chi connectivity index (χ0v) is 16.4. The third kappa shape index (κ3) is 7.32. The molecule has 23 heavy (non-hydrogen) atoms. The minimum atomic E-state index is 0. The lowest BCUT2D eigenvalue weighted by molar-refractivity contribution is 0.419. The van der Waals surface area contributed by atoms with Gasteiger partial charge in [-0.25, -0.2) is 9.97 Å². The van der Waals surface area contributed by atoms with Gasteiger partial charge in [0, 0.05) is 38.6 Å². The number of hydrogen-bond acceptors (Lipinski definition) is 4. The van der Waals surface area contributed by atoms with Gasteiger partial charge < -0.3 is 16.0 Å². The van der Waals surface area contributed by atoms with Gasteiger partial charge in [0.25, 0.3) is 0 Å². The first-order chi connectivity index (χ1) is 10.6. The summed E-state index contributed by atoms with van der Waals surface area (Å²) in [6.07, 6.45) is 7.03. The average Bonchev–Trinajstić information content (AvgIpc) is 2.54. The van der Waals surface area contributed by atoms with Gasteiger partial charge in [-0.1, -0.05) is 13.8 Å². The predicted octanol–water partition coefficient (Wildman–Crippen LogP) is 2.26. The number of nitrogens with two attached hydrogens (primary N) is 1. The van der Waals surface area contributed by atoms with Crippen molar-refractivity contribution >= 4 is 35.9 Å². The van der Waals surface area contributed by atoms with Gasteiger partial charge in [-0.3, -0.25) is 4.99 Å². The first kappa shape index (κ1) is 19.9. The number of halogens is 1. The zero-order chi connectivity index (χ0) is 15.8. The summed E-state index contributed by atoms with van der Waals surface area (Å²) in [4.78, 5) is 15.4. The summed E-state index contributed by atoms with van der Waals surface area (Å²) in [6.45, 7) is 8.04.